The Kier molecular flexibility index (Phi) is 7.36. The third kappa shape index (κ3) is 4.99. The molecule has 0 spiro atoms. The molecule has 10 aromatic carbocycles. The average molecular weight is 816 g/mol. The maximum Gasteiger partial charge on any atom is 0.135 e. The van der Waals surface area contributed by atoms with Crippen molar-refractivity contribution in [3.63, 3.8) is 0 Å². The molecule has 4 aromatic heterocycles. The van der Waals surface area contributed by atoms with Gasteiger partial charge in [-0.15, -0.1) is 0 Å². The molecule has 14 aromatic rings. The summed E-state index contributed by atoms with van der Waals surface area (Å²) in [5.41, 5.74) is 17.0. The second-order valence-electron chi connectivity index (χ2n) is 16.9. The number of aromatic nitrogens is 3. The second kappa shape index (κ2) is 13.4. The Morgan fingerprint density at radius 3 is 1.41 bits per heavy atom. The maximum atomic E-state index is 6.28. The van der Waals surface area contributed by atoms with Crippen molar-refractivity contribution in [1.82, 2.24) is 13.7 Å². The summed E-state index contributed by atoms with van der Waals surface area (Å²) in [6, 6.07) is 81.5. The number of hydrogen-bond acceptors (Lipinski definition) is 1. The van der Waals surface area contributed by atoms with Crippen LogP contribution in [0.4, 0.5) is 0 Å². The number of fused-ring (bicyclic) bond motifs is 14. The molecule has 0 aliphatic carbocycles. The molecule has 298 valence electrons. The topological polar surface area (TPSA) is 27.9 Å². The van der Waals surface area contributed by atoms with Crippen molar-refractivity contribution >= 4 is 87.4 Å². The van der Waals surface area contributed by atoms with Crippen LogP contribution in [0, 0.1) is 0 Å². The van der Waals surface area contributed by atoms with Crippen LogP contribution in [0.5, 0.6) is 0 Å². The normalized spacial score (nSPS) is 12.1. The predicted molar refractivity (Wildman–Crippen MR) is 268 cm³/mol. The maximum absolute atomic E-state index is 6.28. The van der Waals surface area contributed by atoms with Crippen LogP contribution in [0.3, 0.4) is 0 Å². The Morgan fingerprint density at radius 1 is 0.250 bits per heavy atom. The van der Waals surface area contributed by atoms with Crippen molar-refractivity contribution in [2.75, 3.05) is 0 Å². The summed E-state index contributed by atoms with van der Waals surface area (Å²) in [4.78, 5) is 0. The zero-order valence-electron chi connectivity index (χ0n) is 34.6. The first-order valence-electron chi connectivity index (χ1n) is 21.9. The second-order valence-corrected chi connectivity index (χ2v) is 16.9. The van der Waals surface area contributed by atoms with Gasteiger partial charge in [0.05, 0.1) is 33.1 Å². The van der Waals surface area contributed by atoms with Crippen molar-refractivity contribution in [2.45, 2.75) is 0 Å². The summed E-state index contributed by atoms with van der Waals surface area (Å²) in [6.45, 7) is 0. The molecule has 4 nitrogen and oxygen atoms in total. The SMILES string of the molecule is c1ccc(-c2cccc(-c3cccc(-n4c5ccccc5c5c4ccc4c6ccc7c(c8ccccc8n7-c7ccc8oc9ccccc9c8c7)c6n(-c6ccccc6)c45)c3)c2)cc1. The van der Waals surface area contributed by atoms with Gasteiger partial charge in [0, 0.05) is 60.2 Å². The molecular formula is C60H37N3O. The Balaban J connectivity index is 1.06. The highest BCUT2D eigenvalue weighted by atomic mass is 16.3. The molecule has 0 aliphatic heterocycles. The summed E-state index contributed by atoms with van der Waals surface area (Å²) in [7, 11) is 0. The van der Waals surface area contributed by atoms with Gasteiger partial charge < -0.3 is 18.1 Å². The molecule has 0 saturated heterocycles. The van der Waals surface area contributed by atoms with Crippen LogP contribution < -0.4 is 0 Å². The summed E-state index contributed by atoms with van der Waals surface area (Å²) < 4.78 is 13.7. The highest BCUT2D eigenvalue weighted by Gasteiger charge is 2.25. The fraction of sp³-hybridized carbons (Fsp3) is 0. The van der Waals surface area contributed by atoms with Crippen LogP contribution in [0.15, 0.2) is 229 Å². The first-order valence-corrected chi connectivity index (χ1v) is 21.9. The van der Waals surface area contributed by atoms with Crippen LogP contribution in [0.1, 0.15) is 0 Å². The monoisotopic (exact) mass is 815 g/mol. The zero-order chi connectivity index (χ0) is 41.9. The van der Waals surface area contributed by atoms with E-state index in [0.717, 1.165) is 50.0 Å². The number of para-hydroxylation sites is 4. The van der Waals surface area contributed by atoms with Crippen molar-refractivity contribution in [3.05, 3.63) is 224 Å². The Bertz CT molecular complexity index is 4180. The van der Waals surface area contributed by atoms with E-state index >= 15 is 0 Å². The minimum Gasteiger partial charge on any atom is -0.456 e. The predicted octanol–water partition coefficient (Wildman–Crippen LogP) is 16.2. The molecule has 0 unspecified atom stereocenters. The van der Waals surface area contributed by atoms with Gasteiger partial charge in [-0.2, -0.15) is 0 Å². The third-order valence-corrected chi connectivity index (χ3v) is 13.4. The van der Waals surface area contributed by atoms with E-state index in [1.807, 2.05) is 12.1 Å². The van der Waals surface area contributed by atoms with E-state index in [2.05, 4.69) is 226 Å². The van der Waals surface area contributed by atoms with Crippen LogP contribution >= 0.6 is 0 Å². The molecule has 0 radical (unpaired) electrons. The Morgan fingerprint density at radius 2 is 0.734 bits per heavy atom. The third-order valence-electron chi connectivity index (χ3n) is 13.4. The Labute approximate surface area is 367 Å². The lowest BCUT2D eigenvalue weighted by molar-refractivity contribution is 0.669. The van der Waals surface area contributed by atoms with Crippen LogP contribution in [0.2, 0.25) is 0 Å². The molecular weight excluding hydrogens is 779 g/mol. The summed E-state index contributed by atoms with van der Waals surface area (Å²) in [5.74, 6) is 0. The molecule has 64 heavy (non-hydrogen) atoms. The van der Waals surface area contributed by atoms with Crippen molar-refractivity contribution in [3.8, 4) is 39.3 Å². The zero-order valence-corrected chi connectivity index (χ0v) is 34.6. The molecule has 0 aliphatic rings. The van der Waals surface area contributed by atoms with Gasteiger partial charge in [0.25, 0.3) is 0 Å². The fourth-order valence-corrected chi connectivity index (χ4v) is 10.7. The highest BCUT2D eigenvalue weighted by Crippen LogP contribution is 2.46. The van der Waals surface area contributed by atoms with E-state index in [-0.39, 0.29) is 0 Å². The van der Waals surface area contributed by atoms with Gasteiger partial charge in [0.2, 0.25) is 0 Å². The van der Waals surface area contributed by atoms with E-state index in [4.69, 9.17) is 4.42 Å². The Hall–Kier alpha value is -8.60. The number of furan rings is 1. The quantitative estimate of drug-likeness (QED) is 0.170. The minimum absolute atomic E-state index is 0.893. The van der Waals surface area contributed by atoms with Gasteiger partial charge in [-0.05, 0) is 101 Å². The van der Waals surface area contributed by atoms with Gasteiger partial charge >= 0.3 is 0 Å². The van der Waals surface area contributed by atoms with Crippen molar-refractivity contribution < 1.29 is 4.42 Å². The molecule has 4 heterocycles. The largest absolute Gasteiger partial charge is 0.456 e. The van der Waals surface area contributed by atoms with Crippen LogP contribution in [0.25, 0.3) is 127 Å². The van der Waals surface area contributed by atoms with E-state index in [1.54, 1.807) is 0 Å². The smallest absolute Gasteiger partial charge is 0.135 e. The van der Waals surface area contributed by atoms with Gasteiger partial charge in [-0.3, -0.25) is 0 Å². The van der Waals surface area contributed by atoms with E-state index in [1.165, 1.54) is 76.6 Å². The number of hydrogen-bond donors (Lipinski definition) is 0. The molecule has 0 bridgehead atoms. The lowest BCUT2D eigenvalue weighted by Crippen LogP contribution is -1.96. The van der Waals surface area contributed by atoms with Gasteiger partial charge in [0.15, 0.2) is 0 Å². The van der Waals surface area contributed by atoms with Crippen LogP contribution in [-0.4, -0.2) is 13.7 Å². The lowest BCUT2D eigenvalue weighted by atomic mass is 9.99. The lowest BCUT2D eigenvalue weighted by Gasteiger charge is -2.12. The van der Waals surface area contributed by atoms with Gasteiger partial charge in [-0.1, -0.05) is 146 Å². The summed E-state index contributed by atoms with van der Waals surface area (Å²) in [5, 5.41) is 9.59. The van der Waals surface area contributed by atoms with Gasteiger partial charge in [-0.25, -0.2) is 0 Å². The number of nitrogens with zero attached hydrogens (tertiary/aromatic N) is 3. The highest BCUT2D eigenvalue weighted by molar-refractivity contribution is 6.31. The van der Waals surface area contributed by atoms with Gasteiger partial charge in [0.1, 0.15) is 11.2 Å². The fourth-order valence-electron chi connectivity index (χ4n) is 10.7. The standard InChI is InChI=1S/C60H37N3O/c1-3-15-38(16-4-1)39-17-13-18-40(35-39)41-19-14-22-43(36-41)61-51-26-10-7-24-48(51)57-53(61)32-30-46-47-31-33-54-58(60(47)63(59(46)57)42-20-5-2-6-21-42)49-25-8-11-27-52(49)62(54)44-29-34-56-50(37-44)45-23-9-12-28-55(45)64-56/h1-37H. The van der Waals surface area contributed by atoms with Crippen LogP contribution in [-0.2, 0) is 0 Å². The molecule has 0 fully saturated rings. The molecule has 14 rings (SSSR count). The molecule has 0 saturated carbocycles. The molecule has 0 amide bonds. The van der Waals surface area contributed by atoms with E-state index in [9.17, 15) is 0 Å². The molecule has 4 heteroatoms. The minimum atomic E-state index is 0.893. The van der Waals surface area contributed by atoms with Crippen molar-refractivity contribution in [1.29, 1.82) is 0 Å². The first kappa shape index (κ1) is 35.0. The molecule has 0 N–H and O–H groups in total. The number of benzene rings is 10. The summed E-state index contributed by atoms with van der Waals surface area (Å²) in [6.07, 6.45) is 0. The average Bonchev–Trinajstić information content (AvgIpc) is 4.10. The first-order chi connectivity index (χ1) is 31.8. The van der Waals surface area contributed by atoms with E-state index in [0.29, 0.717) is 0 Å². The number of rotatable bonds is 5. The van der Waals surface area contributed by atoms with E-state index < -0.39 is 0 Å². The molecule has 0 atom stereocenters. The van der Waals surface area contributed by atoms with Crippen molar-refractivity contribution in [2.24, 2.45) is 0 Å². The summed E-state index contributed by atoms with van der Waals surface area (Å²) >= 11 is 0.